The van der Waals surface area contributed by atoms with Gasteiger partial charge in [-0.3, -0.25) is 9.59 Å². The number of anilines is 2. The number of ether oxygens (including phenoxy) is 1. The van der Waals surface area contributed by atoms with Crippen LogP contribution in [0.2, 0.25) is 0 Å². The molecule has 0 radical (unpaired) electrons. The molecule has 6 heteroatoms. The molecule has 1 aliphatic rings. The fourth-order valence-corrected chi connectivity index (χ4v) is 2.02. The molecule has 1 aromatic carbocycles. The predicted molar refractivity (Wildman–Crippen MR) is 75.3 cm³/mol. The summed E-state index contributed by atoms with van der Waals surface area (Å²) in [6.07, 6.45) is 0. The summed E-state index contributed by atoms with van der Waals surface area (Å²) in [7, 11) is 0. The quantitative estimate of drug-likeness (QED) is 0.854. The summed E-state index contributed by atoms with van der Waals surface area (Å²) in [6, 6.07) is 5.42. The van der Waals surface area contributed by atoms with E-state index in [1.54, 1.807) is 17.9 Å². The standard InChI is InChI=1S/C14H18N2O4/c1-3-16-11-6-10(15-7-9(2)14(18)19)4-5-12(11)20-8-13(16)17/h4-6,9,15H,3,7-8H2,1-2H3,(H,18,19). The number of hydrogen-bond donors (Lipinski definition) is 2. The molecule has 1 unspecified atom stereocenters. The number of hydrogen-bond acceptors (Lipinski definition) is 4. The minimum atomic E-state index is -0.843. The molecule has 0 aliphatic carbocycles. The van der Waals surface area contributed by atoms with Crippen molar-refractivity contribution in [1.82, 2.24) is 0 Å². The minimum absolute atomic E-state index is 0.0592. The van der Waals surface area contributed by atoms with E-state index in [4.69, 9.17) is 9.84 Å². The fourth-order valence-electron chi connectivity index (χ4n) is 2.02. The lowest BCUT2D eigenvalue weighted by atomic mass is 10.1. The third-order valence-corrected chi connectivity index (χ3v) is 3.25. The first-order valence-electron chi connectivity index (χ1n) is 6.56. The van der Waals surface area contributed by atoms with E-state index in [1.165, 1.54) is 0 Å². The Morgan fingerprint density at radius 3 is 2.95 bits per heavy atom. The molecule has 0 aromatic heterocycles. The van der Waals surface area contributed by atoms with E-state index in [0.29, 0.717) is 18.8 Å². The van der Waals surface area contributed by atoms with E-state index in [-0.39, 0.29) is 12.5 Å². The molecule has 1 aliphatic heterocycles. The van der Waals surface area contributed by atoms with Crippen LogP contribution in [0.1, 0.15) is 13.8 Å². The van der Waals surface area contributed by atoms with Gasteiger partial charge in [-0.05, 0) is 25.1 Å². The van der Waals surface area contributed by atoms with Gasteiger partial charge in [0.25, 0.3) is 5.91 Å². The molecule has 2 rings (SSSR count). The van der Waals surface area contributed by atoms with Crippen LogP contribution in [0.15, 0.2) is 18.2 Å². The Morgan fingerprint density at radius 1 is 1.55 bits per heavy atom. The zero-order chi connectivity index (χ0) is 14.7. The first-order chi connectivity index (χ1) is 9.52. The Bertz CT molecular complexity index is 530. The highest BCUT2D eigenvalue weighted by molar-refractivity contribution is 5.98. The maximum atomic E-state index is 11.8. The topological polar surface area (TPSA) is 78.9 Å². The van der Waals surface area contributed by atoms with Crippen LogP contribution in [0.5, 0.6) is 5.75 Å². The van der Waals surface area contributed by atoms with Gasteiger partial charge in [0.1, 0.15) is 5.75 Å². The van der Waals surface area contributed by atoms with Crippen molar-refractivity contribution in [3.63, 3.8) is 0 Å². The van der Waals surface area contributed by atoms with E-state index in [2.05, 4.69) is 5.32 Å². The third-order valence-electron chi connectivity index (χ3n) is 3.25. The molecule has 1 atom stereocenters. The van der Waals surface area contributed by atoms with E-state index in [0.717, 1.165) is 11.4 Å². The molecule has 2 N–H and O–H groups in total. The van der Waals surface area contributed by atoms with Crippen LogP contribution < -0.4 is 15.0 Å². The van der Waals surface area contributed by atoms with Gasteiger partial charge in [-0.2, -0.15) is 0 Å². The van der Waals surface area contributed by atoms with Crippen LogP contribution in [0.4, 0.5) is 11.4 Å². The molecule has 0 bridgehead atoms. The molecule has 0 fully saturated rings. The van der Waals surface area contributed by atoms with Crippen LogP contribution in [0.25, 0.3) is 0 Å². The van der Waals surface area contributed by atoms with Crippen LogP contribution in [0.3, 0.4) is 0 Å². The molecule has 0 spiro atoms. The van der Waals surface area contributed by atoms with Gasteiger partial charge in [0.2, 0.25) is 0 Å². The summed E-state index contributed by atoms with van der Waals surface area (Å²) in [4.78, 5) is 24.2. The zero-order valence-corrected chi connectivity index (χ0v) is 11.5. The lowest BCUT2D eigenvalue weighted by Crippen LogP contribution is -2.38. The van der Waals surface area contributed by atoms with Gasteiger partial charge in [0.05, 0.1) is 11.6 Å². The normalized spacial score (nSPS) is 15.3. The van der Waals surface area contributed by atoms with Crippen molar-refractivity contribution in [2.75, 3.05) is 29.9 Å². The number of carbonyl (C=O) groups excluding carboxylic acids is 1. The number of carbonyl (C=O) groups is 2. The molecule has 1 aromatic rings. The maximum absolute atomic E-state index is 11.8. The molecule has 20 heavy (non-hydrogen) atoms. The van der Waals surface area contributed by atoms with E-state index >= 15 is 0 Å². The van der Waals surface area contributed by atoms with E-state index < -0.39 is 11.9 Å². The van der Waals surface area contributed by atoms with Gasteiger partial charge in [0.15, 0.2) is 6.61 Å². The summed E-state index contributed by atoms with van der Waals surface area (Å²) in [6.45, 7) is 4.50. The maximum Gasteiger partial charge on any atom is 0.308 e. The van der Waals surface area contributed by atoms with E-state index in [1.807, 2.05) is 19.1 Å². The molecule has 1 heterocycles. The van der Waals surface area contributed by atoms with Gasteiger partial charge in [-0.1, -0.05) is 6.92 Å². The van der Waals surface area contributed by atoms with Gasteiger partial charge in [-0.25, -0.2) is 0 Å². The predicted octanol–water partition coefficient (Wildman–Crippen LogP) is 1.56. The van der Waals surface area contributed by atoms with Crippen molar-refractivity contribution in [2.24, 2.45) is 5.92 Å². The number of nitrogens with zero attached hydrogens (tertiary/aromatic N) is 1. The van der Waals surface area contributed by atoms with Gasteiger partial charge in [0, 0.05) is 18.8 Å². The molecule has 1 amide bonds. The smallest absolute Gasteiger partial charge is 0.308 e. The lowest BCUT2D eigenvalue weighted by Gasteiger charge is -2.28. The molecular weight excluding hydrogens is 260 g/mol. The largest absolute Gasteiger partial charge is 0.482 e. The number of carboxylic acids is 1. The summed E-state index contributed by atoms with van der Waals surface area (Å²) < 4.78 is 5.37. The van der Waals surface area contributed by atoms with Crippen molar-refractivity contribution >= 4 is 23.3 Å². The number of benzene rings is 1. The van der Waals surface area contributed by atoms with Gasteiger partial charge >= 0.3 is 5.97 Å². The SMILES string of the molecule is CCN1C(=O)COc2ccc(NCC(C)C(=O)O)cc21. The highest BCUT2D eigenvalue weighted by Crippen LogP contribution is 2.34. The van der Waals surface area contributed by atoms with Crippen LogP contribution >= 0.6 is 0 Å². The van der Waals surface area contributed by atoms with E-state index in [9.17, 15) is 9.59 Å². The molecule has 0 saturated carbocycles. The summed E-state index contributed by atoms with van der Waals surface area (Å²) in [5.74, 6) is -0.727. The lowest BCUT2D eigenvalue weighted by molar-refractivity contribution is -0.140. The number of fused-ring (bicyclic) bond motifs is 1. The van der Waals surface area contributed by atoms with Crippen molar-refractivity contribution in [3.8, 4) is 5.75 Å². The third kappa shape index (κ3) is 2.84. The number of likely N-dealkylation sites (N-methyl/N-ethyl adjacent to an activating group) is 1. The number of amides is 1. The Labute approximate surface area is 117 Å². The number of carboxylic acid groups (broad SMARTS) is 1. The van der Waals surface area contributed by atoms with Gasteiger partial charge < -0.3 is 20.1 Å². The summed E-state index contributed by atoms with van der Waals surface area (Å²) in [5, 5.41) is 11.9. The van der Waals surface area contributed by atoms with Crippen LogP contribution in [-0.2, 0) is 9.59 Å². The Kier molecular flexibility index (Phi) is 4.12. The number of nitrogens with one attached hydrogen (secondary N) is 1. The second kappa shape index (κ2) is 5.81. The molecule has 0 saturated heterocycles. The number of rotatable bonds is 5. The Morgan fingerprint density at radius 2 is 2.30 bits per heavy atom. The zero-order valence-electron chi connectivity index (χ0n) is 11.5. The second-order valence-electron chi connectivity index (χ2n) is 4.73. The molecule has 108 valence electrons. The second-order valence-corrected chi connectivity index (χ2v) is 4.73. The highest BCUT2D eigenvalue weighted by Gasteiger charge is 2.24. The molecular formula is C14H18N2O4. The summed E-state index contributed by atoms with van der Waals surface area (Å²) in [5.41, 5.74) is 1.49. The Hall–Kier alpha value is -2.24. The average Bonchev–Trinajstić information content (AvgIpc) is 2.44. The van der Waals surface area contributed by atoms with Crippen molar-refractivity contribution in [3.05, 3.63) is 18.2 Å². The van der Waals surface area contributed by atoms with Crippen molar-refractivity contribution in [2.45, 2.75) is 13.8 Å². The highest BCUT2D eigenvalue weighted by atomic mass is 16.5. The van der Waals surface area contributed by atoms with Crippen molar-refractivity contribution in [1.29, 1.82) is 0 Å². The monoisotopic (exact) mass is 278 g/mol. The first-order valence-corrected chi connectivity index (χ1v) is 6.56. The Balaban J connectivity index is 2.16. The minimum Gasteiger partial charge on any atom is -0.482 e. The first kappa shape index (κ1) is 14.2. The van der Waals surface area contributed by atoms with Crippen LogP contribution in [0, 0.1) is 5.92 Å². The van der Waals surface area contributed by atoms with Gasteiger partial charge in [-0.15, -0.1) is 0 Å². The number of aliphatic carboxylic acids is 1. The van der Waals surface area contributed by atoms with Crippen LogP contribution in [-0.4, -0.2) is 36.7 Å². The molecule has 6 nitrogen and oxygen atoms in total. The summed E-state index contributed by atoms with van der Waals surface area (Å²) >= 11 is 0. The average molecular weight is 278 g/mol. The fraction of sp³-hybridized carbons (Fsp3) is 0.429. The van der Waals surface area contributed by atoms with Crippen molar-refractivity contribution < 1.29 is 19.4 Å².